The van der Waals surface area contributed by atoms with Gasteiger partial charge >= 0.3 is 17.9 Å². The Morgan fingerprint density at radius 2 is 1.97 bits per heavy atom. The van der Waals surface area contributed by atoms with E-state index in [9.17, 15) is 19.3 Å². The van der Waals surface area contributed by atoms with Crippen LogP contribution in [-0.4, -0.2) is 63.9 Å². The Kier molecular flexibility index (Phi) is 5.18. The monoisotopic (exact) mass is 419 g/mol. The Hall–Kier alpha value is -3.37. The second-order valence-corrected chi connectivity index (χ2v) is 7.64. The largest absolute Gasteiger partial charge is 0.445 e. The predicted molar refractivity (Wildman–Crippen MR) is 104 cm³/mol. The minimum Gasteiger partial charge on any atom is -0.445 e. The van der Waals surface area contributed by atoms with E-state index in [0.717, 1.165) is 5.69 Å². The molecule has 0 N–H and O–H groups in total. The molecule has 3 heterocycles. The molecule has 1 amide bonds. The number of imidazole rings is 1. The molecule has 11 heteroatoms. The number of aryl methyl sites for hydroxylation is 1. The highest BCUT2D eigenvalue weighted by Crippen LogP contribution is 2.30. The summed E-state index contributed by atoms with van der Waals surface area (Å²) in [6.07, 6.45) is 1.43. The number of rotatable bonds is 4. The van der Waals surface area contributed by atoms with E-state index >= 15 is 0 Å². The number of fused-ring (bicyclic) bond motifs is 1. The quantitative estimate of drug-likeness (QED) is 0.554. The first kappa shape index (κ1) is 19.9. The van der Waals surface area contributed by atoms with E-state index in [0.29, 0.717) is 39.1 Å². The molecular formula is C19H22FN5O5. The Bertz CT molecular complexity index is 941. The van der Waals surface area contributed by atoms with E-state index in [1.807, 2.05) is 0 Å². The number of amides is 1. The number of anilines is 1. The van der Waals surface area contributed by atoms with Crippen LogP contribution in [0.1, 0.15) is 13.3 Å². The van der Waals surface area contributed by atoms with Gasteiger partial charge in [-0.25, -0.2) is 9.18 Å². The standard InChI is InChI=1S/C19H22FN5O5/c1-19(6-7-24-12-16(25(27)28)21-17(24)30-19)13-29-18(26)23-10-8-22(9-11-23)15-4-2-14(20)3-5-15/h2-5,12H,6-11,13H2,1H3. The van der Waals surface area contributed by atoms with Gasteiger partial charge in [-0.15, -0.1) is 0 Å². The topological polar surface area (TPSA) is 103 Å². The van der Waals surface area contributed by atoms with Crippen LogP contribution in [0.4, 0.5) is 20.7 Å². The van der Waals surface area contributed by atoms with Crippen LogP contribution in [0, 0.1) is 15.9 Å². The lowest BCUT2D eigenvalue weighted by molar-refractivity contribution is -0.389. The van der Waals surface area contributed by atoms with Gasteiger partial charge in [-0.05, 0) is 36.1 Å². The molecule has 4 rings (SSSR count). The summed E-state index contributed by atoms with van der Waals surface area (Å²) in [6.45, 7) is 4.52. The third-order valence-electron chi connectivity index (χ3n) is 5.36. The molecule has 160 valence electrons. The molecule has 1 aromatic heterocycles. The second-order valence-electron chi connectivity index (χ2n) is 7.64. The van der Waals surface area contributed by atoms with Gasteiger partial charge in [0.15, 0.2) is 0 Å². The zero-order chi connectivity index (χ0) is 21.3. The van der Waals surface area contributed by atoms with Gasteiger partial charge in [0, 0.05) is 49.8 Å². The summed E-state index contributed by atoms with van der Waals surface area (Å²) in [5, 5.41) is 10.9. The van der Waals surface area contributed by atoms with Gasteiger partial charge in [-0.1, -0.05) is 0 Å². The number of nitrogens with zero attached hydrogens (tertiary/aromatic N) is 5. The molecule has 0 saturated carbocycles. The Balaban J connectivity index is 1.28. The Morgan fingerprint density at radius 1 is 1.27 bits per heavy atom. The van der Waals surface area contributed by atoms with Crippen molar-refractivity contribution in [2.24, 2.45) is 0 Å². The highest BCUT2D eigenvalue weighted by atomic mass is 19.1. The molecule has 2 aromatic rings. The van der Waals surface area contributed by atoms with Crippen molar-refractivity contribution in [2.75, 3.05) is 37.7 Å². The van der Waals surface area contributed by atoms with E-state index in [4.69, 9.17) is 9.47 Å². The lowest BCUT2D eigenvalue weighted by Crippen LogP contribution is -2.50. The number of hydrogen-bond acceptors (Lipinski definition) is 7. The van der Waals surface area contributed by atoms with Crippen molar-refractivity contribution in [3.05, 3.63) is 46.4 Å². The summed E-state index contributed by atoms with van der Waals surface area (Å²) in [7, 11) is 0. The zero-order valence-corrected chi connectivity index (χ0v) is 16.5. The van der Waals surface area contributed by atoms with Crippen molar-refractivity contribution >= 4 is 17.6 Å². The maximum absolute atomic E-state index is 13.1. The number of hydrogen-bond donors (Lipinski definition) is 0. The van der Waals surface area contributed by atoms with Gasteiger partial charge in [0.2, 0.25) is 0 Å². The second kappa shape index (κ2) is 7.81. The van der Waals surface area contributed by atoms with Gasteiger partial charge in [-0.2, -0.15) is 0 Å². The van der Waals surface area contributed by atoms with Gasteiger partial charge < -0.3 is 29.4 Å². The SMILES string of the molecule is CC1(COC(=O)N2CCN(c3ccc(F)cc3)CC2)CCn2cc([N+](=O)[O-])nc2O1. The average Bonchev–Trinajstić information content (AvgIpc) is 3.16. The molecule has 1 saturated heterocycles. The molecule has 30 heavy (non-hydrogen) atoms. The van der Waals surface area contributed by atoms with Crippen LogP contribution >= 0.6 is 0 Å². The summed E-state index contributed by atoms with van der Waals surface area (Å²) in [5.74, 6) is -0.554. The number of ether oxygens (including phenoxy) is 2. The summed E-state index contributed by atoms with van der Waals surface area (Å²) < 4.78 is 25.9. The third-order valence-corrected chi connectivity index (χ3v) is 5.36. The fourth-order valence-corrected chi connectivity index (χ4v) is 3.55. The van der Waals surface area contributed by atoms with Gasteiger partial charge in [-0.3, -0.25) is 4.57 Å². The van der Waals surface area contributed by atoms with Crippen LogP contribution in [0.5, 0.6) is 6.01 Å². The summed E-state index contributed by atoms with van der Waals surface area (Å²) in [4.78, 5) is 30.4. The van der Waals surface area contributed by atoms with E-state index < -0.39 is 16.6 Å². The number of halogens is 1. The third kappa shape index (κ3) is 4.14. The highest BCUT2D eigenvalue weighted by molar-refractivity contribution is 5.68. The lowest BCUT2D eigenvalue weighted by Gasteiger charge is -2.37. The molecular weight excluding hydrogens is 397 g/mol. The molecule has 0 bridgehead atoms. The van der Waals surface area contributed by atoms with E-state index in [1.165, 1.54) is 18.3 Å². The average molecular weight is 419 g/mol. The van der Waals surface area contributed by atoms with Crippen molar-refractivity contribution < 1.29 is 23.6 Å². The molecule has 2 aliphatic rings. The van der Waals surface area contributed by atoms with Gasteiger partial charge in [0.05, 0.1) is 0 Å². The Labute approximate surface area is 171 Å². The van der Waals surface area contributed by atoms with Crippen molar-refractivity contribution in [2.45, 2.75) is 25.5 Å². The number of nitro groups is 1. The summed E-state index contributed by atoms with van der Waals surface area (Å²) in [6, 6.07) is 6.43. The molecule has 0 radical (unpaired) electrons. The first-order chi connectivity index (χ1) is 14.3. The molecule has 1 atom stereocenters. The number of benzene rings is 1. The van der Waals surface area contributed by atoms with Gasteiger partial charge in [0.25, 0.3) is 0 Å². The molecule has 1 fully saturated rings. The van der Waals surface area contributed by atoms with Crippen molar-refractivity contribution in [1.82, 2.24) is 14.5 Å². The molecule has 2 aliphatic heterocycles. The first-order valence-corrected chi connectivity index (χ1v) is 9.66. The molecule has 1 unspecified atom stereocenters. The van der Waals surface area contributed by atoms with Crippen molar-refractivity contribution in [1.29, 1.82) is 0 Å². The molecule has 0 aliphatic carbocycles. The molecule has 1 aromatic carbocycles. The number of piperazine rings is 1. The minimum atomic E-state index is -0.805. The van der Waals surface area contributed by atoms with Crippen LogP contribution in [0.2, 0.25) is 0 Å². The van der Waals surface area contributed by atoms with E-state index in [2.05, 4.69) is 9.88 Å². The van der Waals surface area contributed by atoms with Crippen molar-refractivity contribution in [3.8, 4) is 6.01 Å². The maximum Gasteiger partial charge on any atom is 0.414 e. The number of carbonyl (C=O) groups is 1. The normalized spacial score (nSPS) is 21.0. The van der Waals surface area contributed by atoms with Crippen LogP contribution in [0.15, 0.2) is 30.5 Å². The van der Waals surface area contributed by atoms with E-state index in [1.54, 1.807) is 28.5 Å². The lowest BCUT2D eigenvalue weighted by atomic mass is 10.0. The fraction of sp³-hybridized carbons (Fsp3) is 0.474. The first-order valence-electron chi connectivity index (χ1n) is 9.66. The predicted octanol–water partition coefficient (Wildman–Crippen LogP) is 2.43. The van der Waals surface area contributed by atoms with Crippen LogP contribution in [0.25, 0.3) is 0 Å². The maximum atomic E-state index is 13.1. The molecule has 0 spiro atoms. The highest BCUT2D eigenvalue weighted by Gasteiger charge is 2.38. The fourth-order valence-electron chi connectivity index (χ4n) is 3.55. The summed E-state index contributed by atoms with van der Waals surface area (Å²) in [5.41, 5.74) is 0.109. The number of carbonyl (C=O) groups excluding carboxylic acids is 1. The van der Waals surface area contributed by atoms with Crippen LogP contribution < -0.4 is 9.64 Å². The van der Waals surface area contributed by atoms with Crippen molar-refractivity contribution in [3.63, 3.8) is 0 Å². The zero-order valence-electron chi connectivity index (χ0n) is 16.5. The Morgan fingerprint density at radius 3 is 2.63 bits per heavy atom. The van der Waals surface area contributed by atoms with Crippen LogP contribution in [0.3, 0.4) is 0 Å². The summed E-state index contributed by atoms with van der Waals surface area (Å²) >= 11 is 0. The van der Waals surface area contributed by atoms with E-state index in [-0.39, 0.29) is 24.3 Å². The minimum absolute atomic E-state index is 0.0185. The molecule has 10 nitrogen and oxygen atoms in total. The van der Waals surface area contributed by atoms with Gasteiger partial charge in [0.1, 0.15) is 24.2 Å². The smallest absolute Gasteiger partial charge is 0.414 e. The number of aromatic nitrogens is 2. The van der Waals surface area contributed by atoms with Crippen LogP contribution in [-0.2, 0) is 11.3 Å².